The van der Waals surface area contributed by atoms with Crippen LogP contribution in [0, 0.1) is 18.8 Å². The first-order valence-electron chi connectivity index (χ1n) is 9.26. The number of aryl methyl sites for hydroxylation is 2. The molecule has 134 valence electrons. The molecule has 0 radical (unpaired) electrons. The van der Waals surface area contributed by atoms with Gasteiger partial charge < -0.3 is 19.5 Å². The van der Waals surface area contributed by atoms with E-state index in [2.05, 4.69) is 14.5 Å². The number of carbonyl (C=O) groups is 1. The molecule has 1 N–H and O–H groups in total. The molecule has 0 bridgehead atoms. The van der Waals surface area contributed by atoms with E-state index in [0.29, 0.717) is 12.3 Å². The average molecular weight is 334 g/mol. The number of aliphatic hydroxyl groups excluding tert-OH is 1. The number of hydrogen-bond donors (Lipinski definition) is 1. The van der Waals surface area contributed by atoms with E-state index in [-0.39, 0.29) is 18.4 Å². The molecule has 6 nitrogen and oxygen atoms in total. The molecule has 3 rings (SSSR count). The maximum absolute atomic E-state index is 12.5. The van der Waals surface area contributed by atoms with E-state index in [4.69, 9.17) is 0 Å². The fourth-order valence-corrected chi connectivity index (χ4v) is 4.05. The van der Waals surface area contributed by atoms with Gasteiger partial charge in [0.15, 0.2) is 0 Å². The molecule has 0 spiro atoms. The molecule has 24 heavy (non-hydrogen) atoms. The first kappa shape index (κ1) is 17.4. The average Bonchev–Trinajstić information content (AvgIpc) is 3.30. The minimum absolute atomic E-state index is 0.191. The summed E-state index contributed by atoms with van der Waals surface area (Å²) in [4.78, 5) is 21.2. The molecule has 0 aromatic carbocycles. The number of aromatic nitrogens is 2. The lowest BCUT2D eigenvalue weighted by Gasteiger charge is -2.22. The van der Waals surface area contributed by atoms with Gasteiger partial charge in [-0.05, 0) is 45.2 Å². The lowest BCUT2D eigenvalue weighted by atomic mass is 9.96. The van der Waals surface area contributed by atoms with Gasteiger partial charge in [-0.2, -0.15) is 0 Å². The molecule has 2 atom stereocenters. The van der Waals surface area contributed by atoms with Crippen molar-refractivity contribution in [3.8, 4) is 0 Å². The number of amides is 1. The summed E-state index contributed by atoms with van der Waals surface area (Å²) in [5.74, 6) is 1.89. The van der Waals surface area contributed by atoms with E-state index in [1.807, 2.05) is 18.0 Å². The second kappa shape index (κ2) is 8.12. The maximum Gasteiger partial charge on any atom is 0.222 e. The minimum atomic E-state index is 0.191. The molecule has 1 aromatic rings. The van der Waals surface area contributed by atoms with E-state index in [1.54, 1.807) is 6.20 Å². The van der Waals surface area contributed by atoms with Crippen LogP contribution in [0.4, 0.5) is 0 Å². The number of carbonyl (C=O) groups excluding carboxylic acids is 1. The molecule has 1 amide bonds. The third kappa shape index (κ3) is 4.16. The molecule has 2 aliphatic rings. The first-order chi connectivity index (χ1) is 11.7. The zero-order valence-electron chi connectivity index (χ0n) is 14.7. The Kier molecular flexibility index (Phi) is 5.89. The van der Waals surface area contributed by atoms with E-state index in [9.17, 15) is 9.90 Å². The monoisotopic (exact) mass is 334 g/mol. The summed E-state index contributed by atoms with van der Waals surface area (Å²) >= 11 is 0. The van der Waals surface area contributed by atoms with Crippen LogP contribution in [0.3, 0.4) is 0 Å². The number of hydrogen-bond acceptors (Lipinski definition) is 4. The predicted molar refractivity (Wildman–Crippen MR) is 92.5 cm³/mol. The SMILES string of the molecule is Cc1nccn1CCCC(=O)N1C[C@@H](CN2CCCC2)[C@@H](CO)C1. The van der Waals surface area contributed by atoms with Crippen LogP contribution in [0.25, 0.3) is 0 Å². The van der Waals surface area contributed by atoms with Crippen molar-refractivity contribution in [2.75, 3.05) is 39.3 Å². The molecule has 0 aliphatic carbocycles. The normalized spacial score (nSPS) is 24.8. The van der Waals surface area contributed by atoms with E-state index in [0.717, 1.165) is 38.4 Å². The summed E-state index contributed by atoms with van der Waals surface area (Å²) in [6, 6.07) is 0. The molecular weight excluding hydrogens is 304 g/mol. The largest absolute Gasteiger partial charge is 0.396 e. The van der Waals surface area contributed by atoms with Crippen LogP contribution in [0.15, 0.2) is 12.4 Å². The molecule has 2 fully saturated rings. The lowest BCUT2D eigenvalue weighted by molar-refractivity contribution is -0.130. The summed E-state index contributed by atoms with van der Waals surface area (Å²) in [7, 11) is 0. The number of aliphatic hydroxyl groups is 1. The van der Waals surface area contributed by atoms with Gasteiger partial charge in [-0.15, -0.1) is 0 Å². The van der Waals surface area contributed by atoms with Gasteiger partial charge in [-0.1, -0.05) is 0 Å². The molecule has 1 aromatic heterocycles. The van der Waals surface area contributed by atoms with Gasteiger partial charge in [0, 0.05) is 57.5 Å². The number of nitrogens with zero attached hydrogens (tertiary/aromatic N) is 4. The molecule has 0 unspecified atom stereocenters. The lowest BCUT2D eigenvalue weighted by Crippen LogP contribution is -2.32. The van der Waals surface area contributed by atoms with Gasteiger partial charge in [0.05, 0.1) is 0 Å². The van der Waals surface area contributed by atoms with Crippen LogP contribution in [0.1, 0.15) is 31.5 Å². The highest BCUT2D eigenvalue weighted by molar-refractivity contribution is 5.76. The molecule has 6 heteroatoms. The number of imidazole rings is 1. The summed E-state index contributed by atoms with van der Waals surface area (Å²) in [5, 5.41) is 9.67. The van der Waals surface area contributed by atoms with Crippen molar-refractivity contribution in [2.45, 2.75) is 39.2 Å². The van der Waals surface area contributed by atoms with Gasteiger partial charge in [0.2, 0.25) is 5.91 Å². The Hall–Kier alpha value is -1.40. The molecular formula is C18H30N4O2. The van der Waals surface area contributed by atoms with E-state index >= 15 is 0 Å². The van der Waals surface area contributed by atoms with Gasteiger partial charge in [-0.25, -0.2) is 4.98 Å². The van der Waals surface area contributed by atoms with E-state index < -0.39 is 0 Å². The fourth-order valence-electron chi connectivity index (χ4n) is 4.05. The Morgan fingerprint density at radius 1 is 1.29 bits per heavy atom. The number of likely N-dealkylation sites (tertiary alicyclic amines) is 2. The summed E-state index contributed by atoms with van der Waals surface area (Å²) in [6.07, 6.45) is 7.74. The van der Waals surface area contributed by atoms with Crippen LogP contribution in [0.5, 0.6) is 0 Å². The van der Waals surface area contributed by atoms with Crippen LogP contribution in [-0.4, -0.2) is 69.7 Å². The third-order valence-corrected chi connectivity index (χ3v) is 5.57. The molecule has 0 saturated carbocycles. The molecule has 3 heterocycles. The smallest absolute Gasteiger partial charge is 0.222 e. The van der Waals surface area contributed by atoms with Crippen molar-refractivity contribution in [3.05, 3.63) is 18.2 Å². The van der Waals surface area contributed by atoms with Crippen LogP contribution in [0.2, 0.25) is 0 Å². The Morgan fingerprint density at radius 3 is 2.71 bits per heavy atom. The second-order valence-corrected chi connectivity index (χ2v) is 7.28. The fraction of sp³-hybridized carbons (Fsp3) is 0.778. The topological polar surface area (TPSA) is 61.6 Å². The van der Waals surface area contributed by atoms with Crippen molar-refractivity contribution < 1.29 is 9.90 Å². The highest BCUT2D eigenvalue weighted by atomic mass is 16.3. The quantitative estimate of drug-likeness (QED) is 0.812. The minimum Gasteiger partial charge on any atom is -0.396 e. The molecule has 2 saturated heterocycles. The van der Waals surface area contributed by atoms with Crippen LogP contribution in [-0.2, 0) is 11.3 Å². The van der Waals surface area contributed by atoms with Gasteiger partial charge in [-0.3, -0.25) is 4.79 Å². The van der Waals surface area contributed by atoms with Gasteiger partial charge in [0.25, 0.3) is 0 Å². The summed E-state index contributed by atoms with van der Waals surface area (Å²) in [6.45, 7) is 7.92. The standard InChI is InChI=1S/C18H30N4O2/c1-15-19-6-10-21(15)9-4-5-18(24)22-12-16(17(13-22)14-23)11-20-7-2-3-8-20/h6,10,16-17,23H,2-5,7-9,11-14H2,1H3/t16-,17-/m1/s1. The maximum atomic E-state index is 12.5. The molecule has 2 aliphatic heterocycles. The van der Waals surface area contributed by atoms with Crippen molar-refractivity contribution >= 4 is 5.91 Å². The first-order valence-corrected chi connectivity index (χ1v) is 9.26. The Morgan fingerprint density at radius 2 is 2.04 bits per heavy atom. The zero-order chi connectivity index (χ0) is 16.9. The summed E-state index contributed by atoms with van der Waals surface area (Å²) in [5.41, 5.74) is 0. The van der Waals surface area contributed by atoms with Crippen molar-refractivity contribution in [3.63, 3.8) is 0 Å². The van der Waals surface area contributed by atoms with Crippen LogP contribution < -0.4 is 0 Å². The Labute approximate surface area is 144 Å². The third-order valence-electron chi connectivity index (χ3n) is 5.57. The second-order valence-electron chi connectivity index (χ2n) is 7.28. The Bertz CT molecular complexity index is 539. The number of rotatable bonds is 7. The summed E-state index contributed by atoms with van der Waals surface area (Å²) < 4.78 is 2.09. The van der Waals surface area contributed by atoms with Gasteiger partial charge in [0.1, 0.15) is 5.82 Å². The van der Waals surface area contributed by atoms with Crippen molar-refractivity contribution in [1.29, 1.82) is 0 Å². The highest BCUT2D eigenvalue weighted by Gasteiger charge is 2.35. The Balaban J connectivity index is 1.45. The van der Waals surface area contributed by atoms with Crippen LogP contribution >= 0.6 is 0 Å². The van der Waals surface area contributed by atoms with E-state index in [1.165, 1.54) is 25.9 Å². The van der Waals surface area contributed by atoms with Gasteiger partial charge >= 0.3 is 0 Å². The predicted octanol–water partition coefficient (Wildman–Crippen LogP) is 1.13. The van der Waals surface area contributed by atoms with Crippen molar-refractivity contribution in [1.82, 2.24) is 19.4 Å². The highest BCUT2D eigenvalue weighted by Crippen LogP contribution is 2.26. The zero-order valence-corrected chi connectivity index (χ0v) is 14.7. The van der Waals surface area contributed by atoms with Crippen molar-refractivity contribution in [2.24, 2.45) is 11.8 Å².